The largest absolute Gasteiger partial charge is 0.489 e. The van der Waals surface area contributed by atoms with Crippen molar-refractivity contribution in [2.45, 2.75) is 50.2 Å². The Hall–Kier alpha value is -2.13. The number of anilines is 1. The minimum absolute atomic E-state index is 0.0396. The summed E-state index contributed by atoms with van der Waals surface area (Å²) in [4.78, 5) is 12.8. The number of hydrogen-bond donors (Lipinski definition) is 2. The summed E-state index contributed by atoms with van der Waals surface area (Å²) in [5.41, 5.74) is 0.748. The van der Waals surface area contributed by atoms with E-state index in [9.17, 15) is 13.2 Å². The van der Waals surface area contributed by atoms with Gasteiger partial charge in [-0.1, -0.05) is 18.5 Å². The number of nitrogens with one attached hydrogen (secondary N) is 2. The topological polar surface area (TPSA) is 93.7 Å². The quantitative estimate of drug-likeness (QED) is 0.576. The van der Waals surface area contributed by atoms with E-state index < -0.39 is 15.9 Å². The van der Waals surface area contributed by atoms with Gasteiger partial charge >= 0.3 is 0 Å². The zero-order valence-electron chi connectivity index (χ0n) is 17.6. The summed E-state index contributed by atoms with van der Waals surface area (Å²) in [5, 5.41) is 3.24. The first-order chi connectivity index (χ1) is 14.8. The maximum atomic E-state index is 12.7. The first-order valence-electron chi connectivity index (χ1n) is 10.3. The van der Waals surface area contributed by atoms with Crippen LogP contribution >= 0.6 is 11.6 Å². The van der Waals surface area contributed by atoms with E-state index in [1.54, 1.807) is 25.1 Å². The van der Waals surface area contributed by atoms with E-state index >= 15 is 0 Å². The molecule has 0 radical (unpaired) electrons. The SMILES string of the molecule is CCC(C)NS(=O)(=O)c1ccc(C(=O)Nc2cc(Cl)ccc2OCC2CCCO2)cc1. The molecule has 2 aromatic rings. The third kappa shape index (κ3) is 6.43. The molecule has 0 bridgehead atoms. The fraction of sp³-hybridized carbons (Fsp3) is 0.409. The van der Waals surface area contributed by atoms with Gasteiger partial charge in [0, 0.05) is 23.2 Å². The van der Waals surface area contributed by atoms with Crippen LogP contribution < -0.4 is 14.8 Å². The lowest BCUT2D eigenvalue weighted by Gasteiger charge is -2.16. The first kappa shape index (κ1) is 23.5. The van der Waals surface area contributed by atoms with Crippen molar-refractivity contribution in [3.8, 4) is 5.75 Å². The molecule has 2 unspecified atom stereocenters. The molecule has 2 atom stereocenters. The maximum Gasteiger partial charge on any atom is 0.255 e. The van der Waals surface area contributed by atoms with Crippen molar-refractivity contribution in [2.75, 3.05) is 18.5 Å². The van der Waals surface area contributed by atoms with Gasteiger partial charge in [0.2, 0.25) is 10.0 Å². The van der Waals surface area contributed by atoms with Crippen LogP contribution in [-0.2, 0) is 14.8 Å². The van der Waals surface area contributed by atoms with Gasteiger partial charge in [-0.05, 0) is 68.7 Å². The summed E-state index contributed by atoms with van der Waals surface area (Å²) in [6, 6.07) is 10.6. The third-order valence-electron chi connectivity index (χ3n) is 5.03. The molecule has 0 aliphatic carbocycles. The van der Waals surface area contributed by atoms with Crippen LogP contribution in [-0.4, -0.2) is 39.7 Å². The Morgan fingerprint density at radius 3 is 2.65 bits per heavy atom. The molecule has 2 aromatic carbocycles. The second-order valence-electron chi connectivity index (χ2n) is 7.50. The molecule has 0 saturated carbocycles. The molecule has 1 amide bonds. The lowest BCUT2D eigenvalue weighted by Crippen LogP contribution is -2.32. The van der Waals surface area contributed by atoms with Crippen molar-refractivity contribution in [2.24, 2.45) is 0 Å². The smallest absolute Gasteiger partial charge is 0.255 e. The number of hydrogen-bond acceptors (Lipinski definition) is 5. The average Bonchev–Trinajstić information content (AvgIpc) is 3.26. The highest BCUT2D eigenvalue weighted by atomic mass is 35.5. The molecule has 7 nitrogen and oxygen atoms in total. The molecule has 168 valence electrons. The molecule has 1 heterocycles. The number of rotatable bonds is 9. The van der Waals surface area contributed by atoms with Crippen molar-refractivity contribution < 1.29 is 22.7 Å². The van der Waals surface area contributed by atoms with Gasteiger partial charge in [-0.3, -0.25) is 4.79 Å². The summed E-state index contributed by atoms with van der Waals surface area (Å²) in [6.45, 7) is 4.81. The molecule has 1 aliphatic rings. The van der Waals surface area contributed by atoms with Gasteiger partial charge in [-0.15, -0.1) is 0 Å². The Bertz CT molecular complexity index is 1010. The van der Waals surface area contributed by atoms with Gasteiger partial charge < -0.3 is 14.8 Å². The average molecular weight is 467 g/mol. The summed E-state index contributed by atoms with van der Waals surface area (Å²) in [7, 11) is -3.63. The van der Waals surface area contributed by atoms with E-state index in [-0.39, 0.29) is 17.0 Å². The number of sulfonamides is 1. The molecule has 1 saturated heterocycles. The lowest BCUT2D eigenvalue weighted by molar-refractivity contribution is 0.0682. The predicted molar refractivity (Wildman–Crippen MR) is 120 cm³/mol. The summed E-state index contributed by atoms with van der Waals surface area (Å²) in [6.07, 6.45) is 2.67. The number of halogens is 1. The third-order valence-corrected chi connectivity index (χ3v) is 6.87. The van der Waals surface area contributed by atoms with Crippen LogP contribution in [0.25, 0.3) is 0 Å². The van der Waals surface area contributed by atoms with E-state index in [0.717, 1.165) is 19.4 Å². The Morgan fingerprint density at radius 1 is 1.26 bits per heavy atom. The normalized spacial score (nSPS) is 17.3. The van der Waals surface area contributed by atoms with Gasteiger partial charge in [0.1, 0.15) is 12.4 Å². The van der Waals surface area contributed by atoms with Crippen molar-refractivity contribution in [1.29, 1.82) is 0 Å². The molecular formula is C22H27ClN2O5S. The van der Waals surface area contributed by atoms with E-state index in [1.807, 2.05) is 6.92 Å². The van der Waals surface area contributed by atoms with Crippen LogP contribution in [0.5, 0.6) is 5.75 Å². The molecular weight excluding hydrogens is 440 g/mol. The zero-order chi connectivity index (χ0) is 22.4. The van der Waals surface area contributed by atoms with Crippen molar-refractivity contribution in [1.82, 2.24) is 4.72 Å². The minimum atomic E-state index is -3.63. The molecule has 9 heteroatoms. The van der Waals surface area contributed by atoms with E-state index in [2.05, 4.69) is 10.0 Å². The highest BCUT2D eigenvalue weighted by Crippen LogP contribution is 2.29. The molecule has 0 spiro atoms. The predicted octanol–water partition coefficient (Wildman–Crippen LogP) is 4.23. The molecule has 3 rings (SSSR count). The number of benzene rings is 2. The van der Waals surface area contributed by atoms with Crippen molar-refractivity contribution in [3.05, 3.63) is 53.1 Å². The van der Waals surface area contributed by atoms with Crippen LogP contribution in [0.15, 0.2) is 47.4 Å². The van der Waals surface area contributed by atoms with Gasteiger partial charge in [0.25, 0.3) is 5.91 Å². The first-order valence-corrected chi connectivity index (χ1v) is 12.1. The number of carbonyl (C=O) groups is 1. The zero-order valence-corrected chi connectivity index (χ0v) is 19.1. The number of ether oxygens (including phenoxy) is 2. The Morgan fingerprint density at radius 2 is 2.00 bits per heavy atom. The van der Waals surface area contributed by atoms with Crippen molar-refractivity contribution >= 4 is 33.2 Å². The van der Waals surface area contributed by atoms with E-state index in [1.165, 1.54) is 24.3 Å². The monoisotopic (exact) mass is 466 g/mol. The van der Waals surface area contributed by atoms with Crippen LogP contribution in [0.4, 0.5) is 5.69 Å². The highest BCUT2D eigenvalue weighted by molar-refractivity contribution is 7.89. The minimum Gasteiger partial charge on any atom is -0.489 e. The Balaban J connectivity index is 1.70. The molecule has 1 fully saturated rings. The fourth-order valence-corrected chi connectivity index (χ4v) is 4.58. The number of amides is 1. The van der Waals surface area contributed by atoms with Crippen LogP contribution in [0.2, 0.25) is 5.02 Å². The van der Waals surface area contributed by atoms with Crippen LogP contribution in [0.1, 0.15) is 43.5 Å². The van der Waals surface area contributed by atoms with E-state index in [4.69, 9.17) is 21.1 Å². The van der Waals surface area contributed by atoms with Crippen LogP contribution in [0.3, 0.4) is 0 Å². The van der Waals surface area contributed by atoms with Gasteiger partial charge in [-0.25, -0.2) is 13.1 Å². The Kier molecular flexibility index (Phi) is 7.94. The van der Waals surface area contributed by atoms with Gasteiger partial charge in [0.05, 0.1) is 16.7 Å². The summed E-state index contributed by atoms with van der Waals surface area (Å²) in [5.74, 6) is 0.0910. The second kappa shape index (κ2) is 10.5. The molecule has 0 aromatic heterocycles. The summed E-state index contributed by atoms with van der Waals surface area (Å²) < 4.78 is 38.8. The Labute approximate surface area is 188 Å². The summed E-state index contributed by atoms with van der Waals surface area (Å²) >= 11 is 6.09. The fourth-order valence-electron chi connectivity index (χ4n) is 3.08. The number of carbonyl (C=O) groups excluding carboxylic acids is 1. The van der Waals surface area contributed by atoms with Gasteiger partial charge in [-0.2, -0.15) is 0 Å². The molecule has 1 aliphatic heterocycles. The molecule has 2 N–H and O–H groups in total. The molecule has 31 heavy (non-hydrogen) atoms. The van der Waals surface area contributed by atoms with Crippen LogP contribution in [0, 0.1) is 0 Å². The highest BCUT2D eigenvalue weighted by Gasteiger charge is 2.19. The van der Waals surface area contributed by atoms with Gasteiger partial charge in [0.15, 0.2) is 0 Å². The second-order valence-corrected chi connectivity index (χ2v) is 9.65. The van der Waals surface area contributed by atoms with Crippen molar-refractivity contribution in [3.63, 3.8) is 0 Å². The lowest BCUT2D eigenvalue weighted by atomic mass is 10.2. The maximum absolute atomic E-state index is 12.7. The standard InChI is InChI=1S/C22H27ClN2O5S/c1-3-15(2)25-31(27,28)19-9-6-16(7-10-19)22(26)24-20-13-17(23)8-11-21(20)30-14-18-5-4-12-29-18/h6-11,13,15,18,25H,3-5,12,14H2,1-2H3,(H,24,26). The van der Waals surface area contributed by atoms with E-state index in [0.29, 0.717) is 35.1 Å².